The van der Waals surface area contributed by atoms with Crippen LogP contribution in [0.15, 0.2) is 42.7 Å². The summed E-state index contributed by atoms with van der Waals surface area (Å²) in [7, 11) is 0. The van der Waals surface area contributed by atoms with Gasteiger partial charge in [0, 0.05) is 35.3 Å². The number of carbonyl (C=O) groups excluding carboxylic acids is 1. The van der Waals surface area contributed by atoms with Crippen LogP contribution < -0.4 is 10.6 Å². The van der Waals surface area contributed by atoms with Gasteiger partial charge in [-0.3, -0.25) is 4.68 Å². The van der Waals surface area contributed by atoms with Crippen molar-refractivity contribution in [3.63, 3.8) is 0 Å². The quantitative estimate of drug-likeness (QED) is 0.423. The number of aryl methyl sites for hydroxylation is 2. The normalized spacial score (nSPS) is 10.6. The van der Waals surface area contributed by atoms with Crippen molar-refractivity contribution in [2.45, 2.75) is 33.9 Å². The van der Waals surface area contributed by atoms with Gasteiger partial charge in [0.15, 0.2) is 5.11 Å². The second-order valence-corrected chi connectivity index (χ2v) is 7.97. The second kappa shape index (κ2) is 9.67. The lowest BCUT2D eigenvalue weighted by Crippen LogP contribution is -2.28. The van der Waals surface area contributed by atoms with E-state index in [1.165, 1.54) is 11.3 Å². The SMILES string of the molecule is CCOC(=O)c1c(NC(=S)NCc2cnn(CC)c2)sc(C)c1-c1ccccc1. The Hall–Kier alpha value is -2.71. The molecule has 0 saturated heterocycles. The minimum absolute atomic E-state index is 0.311. The van der Waals surface area contributed by atoms with E-state index < -0.39 is 0 Å². The molecule has 0 amide bonds. The van der Waals surface area contributed by atoms with E-state index in [0.717, 1.165) is 28.1 Å². The molecule has 152 valence electrons. The van der Waals surface area contributed by atoms with Crippen LogP contribution in [0, 0.1) is 6.92 Å². The first-order valence-corrected chi connectivity index (χ1v) is 10.7. The minimum Gasteiger partial charge on any atom is -0.462 e. The van der Waals surface area contributed by atoms with Crippen LogP contribution in [0.3, 0.4) is 0 Å². The van der Waals surface area contributed by atoms with Crippen LogP contribution in [0.4, 0.5) is 5.00 Å². The highest BCUT2D eigenvalue weighted by molar-refractivity contribution is 7.80. The molecule has 2 N–H and O–H groups in total. The monoisotopic (exact) mass is 428 g/mol. The number of ether oxygens (including phenoxy) is 1. The summed E-state index contributed by atoms with van der Waals surface area (Å²) >= 11 is 6.95. The Kier molecular flexibility index (Phi) is 7.00. The lowest BCUT2D eigenvalue weighted by atomic mass is 10.0. The van der Waals surface area contributed by atoms with E-state index in [1.807, 2.05) is 61.3 Å². The summed E-state index contributed by atoms with van der Waals surface area (Å²) in [6.45, 7) is 7.52. The van der Waals surface area contributed by atoms with Crippen molar-refractivity contribution in [2.75, 3.05) is 11.9 Å². The number of anilines is 1. The summed E-state index contributed by atoms with van der Waals surface area (Å²) in [5.74, 6) is -0.356. The van der Waals surface area contributed by atoms with E-state index >= 15 is 0 Å². The molecule has 8 heteroatoms. The van der Waals surface area contributed by atoms with E-state index in [1.54, 1.807) is 6.92 Å². The fourth-order valence-electron chi connectivity index (χ4n) is 2.98. The van der Waals surface area contributed by atoms with Crippen molar-refractivity contribution in [1.82, 2.24) is 15.1 Å². The van der Waals surface area contributed by atoms with Crippen molar-refractivity contribution in [1.29, 1.82) is 0 Å². The molecule has 0 spiro atoms. The number of esters is 1. The van der Waals surface area contributed by atoms with Crippen molar-refractivity contribution in [3.8, 4) is 11.1 Å². The Morgan fingerprint density at radius 1 is 1.28 bits per heavy atom. The van der Waals surface area contributed by atoms with E-state index in [-0.39, 0.29) is 5.97 Å². The van der Waals surface area contributed by atoms with Crippen LogP contribution in [-0.4, -0.2) is 27.5 Å². The third-order valence-corrected chi connectivity index (χ3v) is 5.58. The molecular formula is C21H24N4O2S2. The predicted octanol–water partition coefficient (Wildman–Crippen LogP) is 4.60. The Labute approximate surface area is 179 Å². The number of thiocarbonyl (C=S) groups is 1. The highest BCUT2D eigenvalue weighted by Gasteiger charge is 2.24. The first-order chi connectivity index (χ1) is 14.0. The molecule has 0 atom stereocenters. The zero-order valence-electron chi connectivity index (χ0n) is 16.7. The number of nitrogens with zero attached hydrogens (tertiary/aromatic N) is 2. The predicted molar refractivity (Wildman–Crippen MR) is 121 cm³/mol. The fraction of sp³-hybridized carbons (Fsp3) is 0.286. The van der Waals surface area contributed by atoms with Crippen molar-refractivity contribution >= 4 is 39.6 Å². The van der Waals surface area contributed by atoms with E-state index in [0.29, 0.717) is 28.8 Å². The highest BCUT2D eigenvalue weighted by atomic mass is 32.1. The summed E-state index contributed by atoms with van der Waals surface area (Å²) in [5.41, 5.74) is 3.41. The van der Waals surface area contributed by atoms with Gasteiger partial charge in [0.05, 0.1) is 12.8 Å². The van der Waals surface area contributed by atoms with Gasteiger partial charge in [-0.15, -0.1) is 11.3 Å². The standard InChI is InChI=1S/C21H24N4O2S2/c1-4-25-13-15(12-23-25)11-22-21(28)24-19-18(20(26)27-5-2)17(14(3)29-19)16-9-7-6-8-10-16/h6-10,12-13H,4-5,11H2,1-3H3,(H2,22,24,28). The van der Waals surface area contributed by atoms with Gasteiger partial charge in [0.25, 0.3) is 0 Å². The molecule has 3 aromatic rings. The lowest BCUT2D eigenvalue weighted by molar-refractivity contribution is 0.0529. The lowest BCUT2D eigenvalue weighted by Gasteiger charge is -2.11. The molecule has 0 aliphatic rings. The first-order valence-electron chi connectivity index (χ1n) is 9.45. The largest absolute Gasteiger partial charge is 0.462 e. The van der Waals surface area contributed by atoms with Crippen molar-refractivity contribution < 1.29 is 9.53 Å². The summed E-state index contributed by atoms with van der Waals surface area (Å²) in [5, 5.41) is 11.7. The number of thiophene rings is 1. The zero-order valence-corrected chi connectivity index (χ0v) is 18.3. The maximum absolute atomic E-state index is 12.7. The summed E-state index contributed by atoms with van der Waals surface area (Å²) in [6, 6.07) is 9.84. The molecule has 0 fully saturated rings. The highest BCUT2D eigenvalue weighted by Crippen LogP contribution is 2.40. The van der Waals surface area contributed by atoms with Gasteiger partial charge >= 0.3 is 5.97 Å². The average molecular weight is 429 g/mol. The number of rotatable bonds is 7. The Morgan fingerprint density at radius 3 is 2.69 bits per heavy atom. The van der Waals surface area contributed by atoms with Gasteiger partial charge in [-0.25, -0.2) is 4.79 Å². The smallest absolute Gasteiger partial charge is 0.341 e. The number of carbonyl (C=O) groups is 1. The number of hydrogen-bond donors (Lipinski definition) is 2. The molecule has 0 aliphatic heterocycles. The van der Waals surface area contributed by atoms with Gasteiger partial charge in [-0.2, -0.15) is 5.10 Å². The van der Waals surface area contributed by atoms with E-state index in [9.17, 15) is 4.79 Å². The molecule has 0 saturated carbocycles. The first kappa shape index (κ1) is 21.0. The van der Waals surface area contributed by atoms with Gasteiger partial charge in [0.1, 0.15) is 10.6 Å². The molecule has 0 bridgehead atoms. The molecule has 2 heterocycles. The molecule has 2 aromatic heterocycles. The molecule has 1 aromatic carbocycles. The molecule has 0 aliphatic carbocycles. The van der Waals surface area contributed by atoms with Crippen LogP contribution in [-0.2, 0) is 17.8 Å². The fourth-order valence-corrected chi connectivity index (χ4v) is 4.29. The third-order valence-electron chi connectivity index (χ3n) is 4.32. The molecule has 6 nitrogen and oxygen atoms in total. The molecule has 29 heavy (non-hydrogen) atoms. The number of benzene rings is 1. The van der Waals surface area contributed by atoms with E-state index in [2.05, 4.69) is 15.7 Å². The summed E-state index contributed by atoms with van der Waals surface area (Å²) < 4.78 is 7.19. The molecule has 0 unspecified atom stereocenters. The van der Waals surface area contributed by atoms with Crippen LogP contribution in [0.25, 0.3) is 11.1 Å². The number of aromatic nitrogens is 2. The topological polar surface area (TPSA) is 68.2 Å². The van der Waals surface area contributed by atoms with Crippen molar-refractivity contribution in [3.05, 3.63) is 58.7 Å². The maximum atomic E-state index is 12.7. The number of nitrogens with one attached hydrogen (secondary N) is 2. The summed E-state index contributed by atoms with van der Waals surface area (Å²) in [4.78, 5) is 13.8. The third kappa shape index (κ3) is 5.02. The van der Waals surface area contributed by atoms with Gasteiger partial charge in [0.2, 0.25) is 0 Å². The molecular weight excluding hydrogens is 404 g/mol. The molecule has 3 rings (SSSR count). The zero-order chi connectivity index (χ0) is 20.8. The molecule has 0 radical (unpaired) electrons. The Bertz CT molecular complexity index is 996. The average Bonchev–Trinajstić information content (AvgIpc) is 3.31. The van der Waals surface area contributed by atoms with Gasteiger partial charge < -0.3 is 15.4 Å². The van der Waals surface area contributed by atoms with Crippen LogP contribution >= 0.6 is 23.6 Å². The van der Waals surface area contributed by atoms with Gasteiger partial charge in [-0.1, -0.05) is 30.3 Å². The second-order valence-electron chi connectivity index (χ2n) is 6.34. The van der Waals surface area contributed by atoms with Crippen LogP contribution in [0.5, 0.6) is 0 Å². The number of hydrogen-bond acceptors (Lipinski definition) is 5. The van der Waals surface area contributed by atoms with Crippen LogP contribution in [0.2, 0.25) is 0 Å². The van der Waals surface area contributed by atoms with Gasteiger partial charge in [-0.05, 0) is 38.6 Å². The maximum Gasteiger partial charge on any atom is 0.341 e. The van der Waals surface area contributed by atoms with Crippen LogP contribution in [0.1, 0.15) is 34.6 Å². The van der Waals surface area contributed by atoms with Crippen molar-refractivity contribution in [2.24, 2.45) is 0 Å². The summed E-state index contributed by atoms with van der Waals surface area (Å²) in [6.07, 6.45) is 3.79. The van der Waals surface area contributed by atoms with E-state index in [4.69, 9.17) is 17.0 Å². The Balaban J connectivity index is 1.82. The minimum atomic E-state index is -0.356. The Morgan fingerprint density at radius 2 is 2.03 bits per heavy atom.